The molecule has 0 unspecified atom stereocenters. The van der Waals surface area contributed by atoms with Crippen molar-refractivity contribution in [2.75, 3.05) is 31.1 Å². The molecular formula is C19H25N5O. The number of fused-ring (bicyclic) bond motifs is 1. The third kappa shape index (κ3) is 3.43. The summed E-state index contributed by atoms with van der Waals surface area (Å²) in [6.07, 6.45) is 9.60. The minimum atomic E-state index is 0.0941. The van der Waals surface area contributed by atoms with Gasteiger partial charge in [-0.1, -0.05) is 6.92 Å². The van der Waals surface area contributed by atoms with Gasteiger partial charge in [-0.15, -0.1) is 0 Å². The van der Waals surface area contributed by atoms with Gasteiger partial charge in [-0.05, 0) is 37.7 Å². The Morgan fingerprint density at radius 2 is 1.92 bits per heavy atom. The van der Waals surface area contributed by atoms with Crippen molar-refractivity contribution in [1.82, 2.24) is 19.9 Å². The molecule has 2 aliphatic rings. The predicted molar refractivity (Wildman–Crippen MR) is 97.2 cm³/mol. The summed E-state index contributed by atoms with van der Waals surface area (Å²) in [6, 6.07) is 2.03. The summed E-state index contributed by atoms with van der Waals surface area (Å²) in [5, 5.41) is 0. The van der Waals surface area contributed by atoms with Crippen LogP contribution in [-0.2, 0) is 4.79 Å². The van der Waals surface area contributed by atoms with Gasteiger partial charge >= 0.3 is 0 Å². The number of pyridine rings is 1. The Kier molecular flexibility index (Phi) is 4.51. The zero-order valence-corrected chi connectivity index (χ0v) is 14.8. The van der Waals surface area contributed by atoms with Crippen molar-refractivity contribution in [3.63, 3.8) is 0 Å². The Morgan fingerprint density at radius 1 is 1.08 bits per heavy atom. The summed E-state index contributed by atoms with van der Waals surface area (Å²) in [4.78, 5) is 30.3. The Balaban J connectivity index is 1.49. The van der Waals surface area contributed by atoms with E-state index in [0.717, 1.165) is 56.6 Å². The molecule has 0 spiro atoms. The number of anilines is 1. The van der Waals surface area contributed by atoms with Gasteiger partial charge in [0, 0.05) is 38.6 Å². The van der Waals surface area contributed by atoms with Crippen LogP contribution in [0.15, 0.2) is 24.7 Å². The van der Waals surface area contributed by atoms with Gasteiger partial charge < -0.3 is 9.80 Å². The Labute approximate surface area is 148 Å². The molecule has 25 heavy (non-hydrogen) atoms. The van der Waals surface area contributed by atoms with Crippen LogP contribution in [-0.4, -0.2) is 51.9 Å². The molecule has 0 bridgehead atoms. The first-order valence-corrected chi connectivity index (χ1v) is 9.31. The van der Waals surface area contributed by atoms with E-state index in [4.69, 9.17) is 0 Å². The number of hydrogen-bond donors (Lipinski definition) is 0. The third-order valence-electron chi connectivity index (χ3n) is 5.41. The van der Waals surface area contributed by atoms with Gasteiger partial charge in [-0.25, -0.2) is 9.97 Å². The number of hydrogen-bond acceptors (Lipinski definition) is 5. The molecule has 2 aromatic rings. The lowest BCUT2D eigenvalue weighted by molar-refractivity contribution is -0.137. The van der Waals surface area contributed by atoms with Crippen molar-refractivity contribution >= 4 is 22.8 Å². The molecule has 4 heterocycles. The van der Waals surface area contributed by atoms with Crippen LogP contribution < -0.4 is 4.90 Å². The second-order valence-corrected chi connectivity index (χ2v) is 7.41. The number of carbonyl (C=O) groups excluding carboxylic acids is 1. The molecule has 0 N–H and O–H groups in total. The molecular weight excluding hydrogens is 314 g/mol. The molecule has 2 aromatic heterocycles. The molecule has 4 rings (SSSR count). The highest BCUT2D eigenvalue weighted by Crippen LogP contribution is 2.27. The summed E-state index contributed by atoms with van der Waals surface area (Å²) in [5.41, 5.74) is 2.51. The van der Waals surface area contributed by atoms with Crippen LogP contribution in [0.4, 0.5) is 5.69 Å². The number of rotatable bonds is 2. The normalized spacial score (nSPS) is 24.5. The van der Waals surface area contributed by atoms with E-state index in [1.165, 1.54) is 6.42 Å². The topological polar surface area (TPSA) is 62.2 Å². The number of likely N-dealkylation sites (tertiary alicyclic amines) is 1. The van der Waals surface area contributed by atoms with Crippen LogP contribution in [0.3, 0.4) is 0 Å². The van der Waals surface area contributed by atoms with E-state index in [9.17, 15) is 4.79 Å². The lowest BCUT2D eigenvalue weighted by atomic mass is 9.93. The molecule has 0 radical (unpaired) electrons. The Morgan fingerprint density at radius 3 is 2.80 bits per heavy atom. The number of nitrogens with zero attached hydrogens (tertiary/aromatic N) is 5. The summed E-state index contributed by atoms with van der Waals surface area (Å²) >= 11 is 0. The standard InChI is InChI=1S/C19H25N5O/c1-14-4-2-9-24(12-14)19(25)15-5-3-8-23(13-15)16-10-17-18(22-11-16)21-7-6-20-17/h6-7,10-11,14-15H,2-5,8-9,12-13H2,1H3/t14-,15+/m1/s1. The molecule has 6 heteroatoms. The van der Waals surface area contributed by atoms with E-state index < -0.39 is 0 Å². The minimum Gasteiger partial charge on any atom is -0.369 e. The molecule has 2 saturated heterocycles. The summed E-state index contributed by atoms with van der Waals surface area (Å²) in [5.74, 6) is 1.06. The maximum atomic E-state index is 12.9. The van der Waals surface area contributed by atoms with Crippen LogP contribution in [0.25, 0.3) is 11.2 Å². The van der Waals surface area contributed by atoms with E-state index in [1.807, 2.05) is 12.3 Å². The second kappa shape index (κ2) is 6.94. The number of carbonyl (C=O) groups is 1. The molecule has 2 fully saturated rings. The van der Waals surface area contributed by atoms with Crippen molar-refractivity contribution < 1.29 is 4.79 Å². The molecule has 0 saturated carbocycles. The van der Waals surface area contributed by atoms with Gasteiger partial charge in [-0.2, -0.15) is 0 Å². The second-order valence-electron chi connectivity index (χ2n) is 7.41. The van der Waals surface area contributed by atoms with Gasteiger partial charge in [-0.3, -0.25) is 9.78 Å². The number of piperidine rings is 2. The SMILES string of the molecule is C[C@@H]1CCCN(C(=O)[C@H]2CCCN(c3cnc4nccnc4c3)C2)C1. The van der Waals surface area contributed by atoms with Gasteiger partial charge in [0.05, 0.1) is 17.8 Å². The maximum absolute atomic E-state index is 12.9. The molecule has 0 aromatic carbocycles. The lowest BCUT2D eigenvalue weighted by Gasteiger charge is -2.38. The number of aromatic nitrogens is 3. The monoisotopic (exact) mass is 339 g/mol. The van der Waals surface area contributed by atoms with E-state index in [2.05, 4.69) is 31.7 Å². The average Bonchev–Trinajstić information content (AvgIpc) is 2.67. The first kappa shape index (κ1) is 16.2. The van der Waals surface area contributed by atoms with Crippen LogP contribution in [0.5, 0.6) is 0 Å². The Hall–Kier alpha value is -2.24. The molecule has 0 aliphatic carbocycles. The highest BCUT2D eigenvalue weighted by Gasteiger charge is 2.31. The van der Waals surface area contributed by atoms with Crippen molar-refractivity contribution in [3.8, 4) is 0 Å². The fourth-order valence-electron chi connectivity index (χ4n) is 4.08. The highest BCUT2D eigenvalue weighted by atomic mass is 16.2. The fourth-order valence-corrected chi connectivity index (χ4v) is 4.08. The van der Waals surface area contributed by atoms with Gasteiger partial charge in [0.1, 0.15) is 5.52 Å². The molecule has 2 aliphatic heterocycles. The van der Waals surface area contributed by atoms with Crippen LogP contribution in [0.2, 0.25) is 0 Å². The smallest absolute Gasteiger partial charge is 0.227 e. The van der Waals surface area contributed by atoms with E-state index >= 15 is 0 Å². The molecule has 1 amide bonds. The first-order valence-electron chi connectivity index (χ1n) is 9.31. The first-order chi connectivity index (χ1) is 12.2. The van der Waals surface area contributed by atoms with E-state index in [-0.39, 0.29) is 5.92 Å². The van der Waals surface area contributed by atoms with Crippen molar-refractivity contribution in [2.45, 2.75) is 32.6 Å². The zero-order chi connectivity index (χ0) is 17.2. The fraction of sp³-hybridized carbons (Fsp3) is 0.579. The predicted octanol–water partition coefficient (Wildman–Crippen LogP) is 2.50. The van der Waals surface area contributed by atoms with Crippen LogP contribution in [0.1, 0.15) is 32.6 Å². The largest absolute Gasteiger partial charge is 0.369 e. The number of amides is 1. The van der Waals surface area contributed by atoms with Crippen molar-refractivity contribution in [2.24, 2.45) is 11.8 Å². The molecule has 6 nitrogen and oxygen atoms in total. The van der Waals surface area contributed by atoms with Gasteiger partial charge in [0.25, 0.3) is 0 Å². The quantitative estimate of drug-likeness (QED) is 0.841. The molecule has 132 valence electrons. The third-order valence-corrected chi connectivity index (χ3v) is 5.41. The maximum Gasteiger partial charge on any atom is 0.227 e. The molecule has 2 atom stereocenters. The van der Waals surface area contributed by atoms with Crippen LogP contribution >= 0.6 is 0 Å². The average molecular weight is 339 g/mol. The summed E-state index contributed by atoms with van der Waals surface area (Å²) in [7, 11) is 0. The highest BCUT2D eigenvalue weighted by molar-refractivity contribution is 5.80. The zero-order valence-electron chi connectivity index (χ0n) is 14.8. The van der Waals surface area contributed by atoms with E-state index in [1.54, 1.807) is 12.4 Å². The minimum absolute atomic E-state index is 0.0941. The Bertz CT molecular complexity index is 764. The summed E-state index contributed by atoms with van der Waals surface area (Å²) in [6.45, 7) is 5.83. The van der Waals surface area contributed by atoms with E-state index in [0.29, 0.717) is 17.5 Å². The van der Waals surface area contributed by atoms with Crippen molar-refractivity contribution in [1.29, 1.82) is 0 Å². The van der Waals surface area contributed by atoms with Gasteiger partial charge in [0.2, 0.25) is 5.91 Å². The summed E-state index contributed by atoms with van der Waals surface area (Å²) < 4.78 is 0. The van der Waals surface area contributed by atoms with Gasteiger partial charge in [0.15, 0.2) is 5.65 Å². The van der Waals surface area contributed by atoms with Crippen LogP contribution in [0, 0.1) is 11.8 Å². The van der Waals surface area contributed by atoms with Crippen molar-refractivity contribution in [3.05, 3.63) is 24.7 Å². The lowest BCUT2D eigenvalue weighted by Crippen LogP contribution is -2.47.